The van der Waals surface area contributed by atoms with Crippen LogP contribution in [0.1, 0.15) is 12.8 Å². The first-order chi connectivity index (χ1) is 26.4. The number of halogens is 11. The van der Waals surface area contributed by atoms with Gasteiger partial charge in [0.25, 0.3) is 5.56 Å². The van der Waals surface area contributed by atoms with E-state index in [4.69, 9.17) is 25.8 Å². The zero-order valence-electron chi connectivity index (χ0n) is 27.9. The lowest BCUT2D eigenvalue weighted by Crippen LogP contribution is -2.40. The Bertz CT molecular complexity index is 2170. The van der Waals surface area contributed by atoms with Gasteiger partial charge >= 0.3 is 12.7 Å². The number of pyridine rings is 2. The zero-order valence-corrected chi connectivity index (χ0v) is 30.3. The maximum Gasteiger partial charge on any atom is 0.573 e. The molecule has 0 aliphatic carbocycles. The summed E-state index contributed by atoms with van der Waals surface area (Å²) in [5.41, 5.74) is -2.04. The number of hydrogen-bond acceptors (Lipinski definition) is 10. The maximum absolute atomic E-state index is 14.7. The van der Waals surface area contributed by atoms with E-state index >= 15 is 0 Å². The molecular formula is C34H24BrClF9N5O6. The molecule has 4 heterocycles. The monoisotopic (exact) mass is 883 g/mol. The molecule has 0 amide bonds. The summed E-state index contributed by atoms with van der Waals surface area (Å²) in [7, 11) is 0. The fourth-order valence-electron chi connectivity index (χ4n) is 4.70. The van der Waals surface area contributed by atoms with Gasteiger partial charge in [0.2, 0.25) is 11.8 Å². The number of nitrogens with one attached hydrogen (secondary N) is 1. The molecule has 6 rings (SSSR count). The number of rotatable bonds is 10. The topological polar surface area (TPSA) is 119 Å². The van der Waals surface area contributed by atoms with E-state index in [-0.39, 0.29) is 41.3 Å². The molecule has 0 bridgehead atoms. The average molecular weight is 885 g/mol. The van der Waals surface area contributed by atoms with E-state index in [1.807, 2.05) is 0 Å². The van der Waals surface area contributed by atoms with Crippen molar-refractivity contribution in [2.45, 2.75) is 31.2 Å². The van der Waals surface area contributed by atoms with Crippen LogP contribution in [0.3, 0.4) is 0 Å². The number of nitrogens with zero attached hydrogens (tertiary/aromatic N) is 4. The third kappa shape index (κ3) is 12.1. The molecule has 0 saturated carbocycles. The van der Waals surface area contributed by atoms with Gasteiger partial charge in [0.1, 0.15) is 16.7 Å². The molecule has 1 atom stereocenters. The lowest BCUT2D eigenvalue weighted by molar-refractivity contribution is -0.276. The van der Waals surface area contributed by atoms with Crippen LogP contribution >= 0.6 is 27.5 Å². The molecule has 1 aliphatic heterocycles. The molecule has 1 unspecified atom stereocenters. The van der Waals surface area contributed by atoms with Crippen LogP contribution in [-0.2, 0) is 4.74 Å². The molecule has 5 aromatic rings. The fourth-order valence-corrected chi connectivity index (χ4v) is 5.13. The summed E-state index contributed by atoms with van der Waals surface area (Å²) < 4.78 is 140. The molecule has 56 heavy (non-hydrogen) atoms. The molecule has 1 saturated heterocycles. The van der Waals surface area contributed by atoms with E-state index in [0.29, 0.717) is 30.0 Å². The van der Waals surface area contributed by atoms with Gasteiger partial charge < -0.3 is 29.0 Å². The summed E-state index contributed by atoms with van der Waals surface area (Å²) in [5, 5.41) is 6.55. The smallest absolute Gasteiger partial charge is 0.435 e. The van der Waals surface area contributed by atoms with E-state index in [0.717, 1.165) is 41.2 Å². The van der Waals surface area contributed by atoms with E-state index < -0.39 is 58.6 Å². The highest BCUT2D eigenvalue weighted by molar-refractivity contribution is 9.10. The summed E-state index contributed by atoms with van der Waals surface area (Å²) in [6.07, 6.45) is -5.26. The normalized spacial score (nSPS) is 15.6. The molecule has 1 N–H and O–H groups in total. The number of alkyl halides is 7. The Hall–Kier alpha value is -5.28. The van der Waals surface area contributed by atoms with Crippen LogP contribution in [0.15, 0.2) is 88.5 Å². The van der Waals surface area contributed by atoms with Crippen LogP contribution in [0.5, 0.6) is 34.8 Å². The van der Waals surface area contributed by atoms with E-state index in [9.17, 15) is 44.3 Å². The van der Waals surface area contributed by atoms with Crippen LogP contribution < -0.4 is 29.8 Å². The lowest BCUT2D eigenvalue weighted by atomic mass is 9.99. The molecule has 2 aromatic carbocycles. The molecule has 298 valence electrons. The van der Waals surface area contributed by atoms with Crippen LogP contribution in [0.4, 0.5) is 45.2 Å². The number of benzene rings is 2. The third-order valence-corrected chi connectivity index (χ3v) is 7.98. The van der Waals surface area contributed by atoms with Crippen LogP contribution in [0.25, 0.3) is 5.69 Å². The van der Waals surface area contributed by atoms with Crippen molar-refractivity contribution in [1.82, 2.24) is 19.7 Å². The van der Waals surface area contributed by atoms with Crippen molar-refractivity contribution >= 4 is 33.2 Å². The highest BCUT2D eigenvalue weighted by Crippen LogP contribution is 2.37. The second-order valence-corrected chi connectivity index (χ2v) is 12.7. The van der Waals surface area contributed by atoms with Crippen molar-refractivity contribution in [3.63, 3.8) is 0 Å². The van der Waals surface area contributed by atoms with Gasteiger partial charge in [-0.1, -0.05) is 11.6 Å². The van der Waals surface area contributed by atoms with Gasteiger partial charge in [-0.05, 0) is 65.2 Å². The second-order valence-electron chi connectivity index (χ2n) is 11.4. The van der Waals surface area contributed by atoms with Crippen molar-refractivity contribution in [1.29, 1.82) is 0 Å². The molecule has 22 heteroatoms. The second kappa shape index (κ2) is 17.7. The van der Waals surface area contributed by atoms with Gasteiger partial charge in [-0.3, -0.25) is 4.79 Å². The van der Waals surface area contributed by atoms with Crippen molar-refractivity contribution in [3.05, 3.63) is 111 Å². The van der Waals surface area contributed by atoms with Crippen molar-refractivity contribution in [2.24, 2.45) is 0 Å². The fraction of sp³-hybridized carbons (Fsp3) is 0.235. The van der Waals surface area contributed by atoms with Gasteiger partial charge in [-0.15, -0.1) is 26.3 Å². The quantitative estimate of drug-likeness (QED) is 0.136. The Labute approximate surface area is 323 Å². The van der Waals surface area contributed by atoms with Gasteiger partial charge in [0.15, 0.2) is 28.7 Å². The van der Waals surface area contributed by atoms with E-state index in [1.54, 1.807) is 6.07 Å². The number of hydrogen-bond donors (Lipinski definition) is 1. The first kappa shape index (κ1) is 41.9. The number of ether oxygens (including phenoxy) is 5. The average Bonchev–Trinajstić information content (AvgIpc) is 3.12. The Morgan fingerprint density at radius 3 is 1.88 bits per heavy atom. The first-order valence-corrected chi connectivity index (χ1v) is 16.9. The molecule has 0 spiro atoms. The lowest BCUT2D eigenvalue weighted by Gasteiger charge is -2.29. The molecule has 11 nitrogen and oxygen atoms in total. The maximum atomic E-state index is 14.7. The highest BCUT2D eigenvalue weighted by atomic mass is 79.9. The Morgan fingerprint density at radius 2 is 1.39 bits per heavy atom. The minimum Gasteiger partial charge on any atom is -0.435 e. The minimum absolute atomic E-state index is 0.00539. The zero-order chi connectivity index (χ0) is 40.7. The van der Waals surface area contributed by atoms with Gasteiger partial charge in [-0.25, -0.2) is 23.1 Å². The van der Waals surface area contributed by atoms with Crippen molar-refractivity contribution in [2.75, 3.05) is 25.1 Å². The molecule has 3 aromatic heterocycles. The van der Waals surface area contributed by atoms with Gasteiger partial charge in [-0.2, -0.15) is 9.78 Å². The van der Waals surface area contributed by atoms with Gasteiger partial charge in [0, 0.05) is 41.5 Å². The molecule has 1 aliphatic rings. The third-order valence-electron chi connectivity index (χ3n) is 7.15. The van der Waals surface area contributed by atoms with E-state index in [2.05, 4.69) is 45.8 Å². The van der Waals surface area contributed by atoms with Crippen LogP contribution in [0.2, 0.25) is 5.02 Å². The largest absolute Gasteiger partial charge is 0.573 e. The Balaban J connectivity index is 0.000000253. The van der Waals surface area contributed by atoms with E-state index in [1.165, 1.54) is 30.6 Å². The van der Waals surface area contributed by atoms with Crippen molar-refractivity contribution < 1.29 is 63.2 Å². The first-order valence-electron chi connectivity index (χ1n) is 15.7. The molecule has 0 radical (unpaired) electrons. The predicted molar refractivity (Wildman–Crippen MR) is 183 cm³/mol. The van der Waals surface area contributed by atoms with Crippen LogP contribution in [0, 0.1) is 11.6 Å². The Morgan fingerprint density at radius 1 is 0.821 bits per heavy atom. The molecular weight excluding hydrogens is 861 g/mol. The Kier molecular flexibility index (Phi) is 13.2. The summed E-state index contributed by atoms with van der Waals surface area (Å²) in [5.74, 6) is -4.22. The van der Waals surface area contributed by atoms with Crippen LogP contribution in [-0.4, -0.2) is 57.9 Å². The highest BCUT2D eigenvalue weighted by Gasteiger charge is 2.34. The summed E-state index contributed by atoms with van der Waals surface area (Å²) in [4.78, 5) is 20.4. The SMILES string of the molecule is Fc1ccc(OC(F)(F)F)c(Oc2ccc(Br)cn2)c1.O=c1c(Cl)c(NCC2(F)CCCOC2)cnn1-c1ccc(Oc2cc(F)ccc2OC(F)(F)F)nc1. The van der Waals surface area contributed by atoms with Crippen molar-refractivity contribution in [3.8, 4) is 40.4 Å². The summed E-state index contributed by atoms with van der Waals surface area (Å²) in [6, 6.07) is 10.2. The number of aromatic nitrogens is 4. The van der Waals surface area contributed by atoms with Gasteiger partial charge in [0.05, 0.1) is 36.9 Å². The molecule has 1 fully saturated rings. The summed E-state index contributed by atoms with van der Waals surface area (Å²) >= 11 is 9.30. The minimum atomic E-state index is -5.02. The number of anilines is 1. The summed E-state index contributed by atoms with van der Waals surface area (Å²) in [6.45, 7) is 0.305. The standard InChI is InChI=1S/C22H18ClF5N4O4.C12H6BrF4NO2/c23-19-15(30-11-21(25)6-1-7-34-12-21)10-31-32(20(19)33)14-3-5-18(29-9-14)35-17-8-13(24)2-4-16(17)36-22(26,27)28;13-7-1-4-11(18-6-7)19-10-5-8(14)2-3-9(10)20-12(15,16)17/h2-5,8-10,30H,1,6-7,11-12H2;1-6H. The predicted octanol–water partition coefficient (Wildman–Crippen LogP) is 9.72.